The molecule has 0 aliphatic carbocycles. The molecule has 0 atom stereocenters. The Labute approximate surface area is 242 Å². The van der Waals surface area contributed by atoms with E-state index in [1.807, 2.05) is 30.3 Å². The molecule has 11 heteroatoms. The van der Waals surface area contributed by atoms with E-state index in [0.29, 0.717) is 51.8 Å². The molecular weight excluding hydrogens is 538 g/mol. The van der Waals surface area contributed by atoms with Crippen LogP contribution in [0.2, 0.25) is 0 Å². The first-order chi connectivity index (χ1) is 20.3. The molecule has 42 heavy (non-hydrogen) atoms. The van der Waals surface area contributed by atoms with Gasteiger partial charge in [0.25, 0.3) is 5.91 Å². The fourth-order valence-corrected chi connectivity index (χ4v) is 5.24. The maximum atomic E-state index is 13.3. The van der Waals surface area contributed by atoms with Gasteiger partial charge in [0.1, 0.15) is 0 Å². The van der Waals surface area contributed by atoms with Crippen molar-refractivity contribution in [3.63, 3.8) is 0 Å². The molecule has 1 saturated heterocycles. The summed E-state index contributed by atoms with van der Waals surface area (Å²) in [5.41, 5.74) is 3.92. The van der Waals surface area contributed by atoms with Gasteiger partial charge in [-0.3, -0.25) is 14.5 Å². The zero-order chi connectivity index (χ0) is 29.4. The van der Waals surface area contributed by atoms with E-state index in [1.165, 1.54) is 12.1 Å². The molecule has 3 aromatic carbocycles. The van der Waals surface area contributed by atoms with Crippen molar-refractivity contribution in [1.29, 1.82) is 0 Å². The SMILES string of the molecule is CN1CCN(CC(=O)N(C)c2ccc(NC(=C3C(=O)Nc4ccc(C(=O)O)cc43)c3ccc4c(c3)OCO4)cc2)CC1. The summed E-state index contributed by atoms with van der Waals surface area (Å²) in [6.07, 6.45) is 0. The van der Waals surface area contributed by atoms with Crippen LogP contribution in [0.1, 0.15) is 21.5 Å². The number of aromatic carboxylic acids is 1. The molecule has 0 aromatic heterocycles. The zero-order valence-corrected chi connectivity index (χ0v) is 23.3. The fraction of sp³-hybridized carbons (Fsp3) is 0.258. The highest BCUT2D eigenvalue weighted by atomic mass is 16.7. The van der Waals surface area contributed by atoms with Crippen LogP contribution in [-0.2, 0) is 9.59 Å². The number of amides is 2. The second kappa shape index (κ2) is 11.2. The number of nitrogens with one attached hydrogen (secondary N) is 2. The summed E-state index contributed by atoms with van der Waals surface area (Å²) in [5, 5.41) is 15.8. The minimum atomic E-state index is -1.09. The summed E-state index contributed by atoms with van der Waals surface area (Å²) in [6, 6.07) is 17.3. The number of carbonyl (C=O) groups excluding carboxylic acids is 2. The van der Waals surface area contributed by atoms with Gasteiger partial charge in [0.15, 0.2) is 11.5 Å². The molecule has 3 N–H and O–H groups in total. The smallest absolute Gasteiger partial charge is 0.335 e. The van der Waals surface area contributed by atoms with Crippen LogP contribution in [0.25, 0.3) is 11.3 Å². The average Bonchev–Trinajstić information content (AvgIpc) is 3.59. The van der Waals surface area contributed by atoms with Gasteiger partial charge in [-0.05, 0) is 67.7 Å². The summed E-state index contributed by atoms with van der Waals surface area (Å²) in [5.74, 6) is -0.297. The Kier molecular flexibility index (Phi) is 7.27. The molecule has 0 radical (unpaired) electrons. The number of fused-ring (bicyclic) bond motifs is 2. The van der Waals surface area contributed by atoms with Gasteiger partial charge in [-0.15, -0.1) is 0 Å². The average molecular weight is 570 g/mol. The predicted octanol–water partition coefficient (Wildman–Crippen LogP) is 3.26. The third kappa shape index (κ3) is 5.39. The van der Waals surface area contributed by atoms with Gasteiger partial charge < -0.3 is 35.0 Å². The standard InChI is InChI=1S/C31H31N5O6/c1-34-11-13-36(14-12-34)17-27(37)35(2)22-7-5-21(6-8-22)32-29(19-4-10-25-26(16-19)42-18-41-25)28-23-15-20(31(39)40)3-9-24(23)33-30(28)38/h3-10,15-16,32H,11-14,17-18H2,1-2H3,(H,33,38)(H,39,40). The minimum absolute atomic E-state index is 0.0110. The highest BCUT2D eigenvalue weighted by molar-refractivity contribution is 6.37. The van der Waals surface area contributed by atoms with Gasteiger partial charge in [0, 0.05) is 61.4 Å². The first-order valence-electron chi connectivity index (χ1n) is 13.6. The number of nitrogens with zero attached hydrogens (tertiary/aromatic N) is 3. The Hall–Kier alpha value is -4.87. The molecule has 216 valence electrons. The van der Waals surface area contributed by atoms with E-state index in [0.717, 1.165) is 31.9 Å². The van der Waals surface area contributed by atoms with Gasteiger partial charge >= 0.3 is 5.97 Å². The molecule has 0 saturated carbocycles. The van der Waals surface area contributed by atoms with E-state index in [1.54, 1.807) is 30.1 Å². The van der Waals surface area contributed by atoms with Crippen molar-refractivity contribution >= 4 is 46.1 Å². The number of carbonyl (C=O) groups is 3. The fourth-order valence-electron chi connectivity index (χ4n) is 5.24. The van der Waals surface area contributed by atoms with Gasteiger partial charge in [-0.1, -0.05) is 0 Å². The van der Waals surface area contributed by atoms with Crippen molar-refractivity contribution in [2.75, 3.05) is 69.1 Å². The Balaban J connectivity index is 1.30. The number of carboxylic acids is 1. The van der Waals surface area contributed by atoms with E-state index in [4.69, 9.17) is 9.47 Å². The van der Waals surface area contributed by atoms with Crippen LogP contribution in [0.5, 0.6) is 11.5 Å². The number of likely N-dealkylation sites (N-methyl/N-ethyl adjacent to an activating group) is 2. The summed E-state index contributed by atoms with van der Waals surface area (Å²) in [7, 11) is 3.85. The number of anilines is 3. The first kappa shape index (κ1) is 27.3. The lowest BCUT2D eigenvalue weighted by molar-refractivity contribution is -0.119. The number of benzene rings is 3. The molecule has 6 rings (SSSR count). The second-order valence-electron chi connectivity index (χ2n) is 10.5. The second-order valence-corrected chi connectivity index (χ2v) is 10.5. The maximum Gasteiger partial charge on any atom is 0.335 e. The van der Waals surface area contributed by atoms with Crippen LogP contribution in [0.4, 0.5) is 17.1 Å². The van der Waals surface area contributed by atoms with Gasteiger partial charge in [-0.25, -0.2) is 4.79 Å². The largest absolute Gasteiger partial charge is 0.478 e. The third-order valence-corrected chi connectivity index (χ3v) is 7.78. The van der Waals surface area contributed by atoms with Crippen LogP contribution >= 0.6 is 0 Å². The van der Waals surface area contributed by atoms with Crippen LogP contribution in [0.3, 0.4) is 0 Å². The molecule has 11 nitrogen and oxygen atoms in total. The molecule has 3 aliphatic heterocycles. The lowest BCUT2D eigenvalue weighted by Gasteiger charge is -2.32. The van der Waals surface area contributed by atoms with Crippen molar-refractivity contribution in [3.05, 3.63) is 77.4 Å². The lowest BCUT2D eigenvalue weighted by Crippen LogP contribution is -2.48. The number of carboxylic acid groups (broad SMARTS) is 1. The van der Waals surface area contributed by atoms with Crippen molar-refractivity contribution in [3.8, 4) is 11.5 Å². The molecule has 2 amide bonds. The van der Waals surface area contributed by atoms with E-state index in [9.17, 15) is 19.5 Å². The summed E-state index contributed by atoms with van der Waals surface area (Å²) in [4.78, 5) is 44.0. The molecule has 3 aliphatic rings. The van der Waals surface area contributed by atoms with Crippen LogP contribution in [0.15, 0.2) is 60.7 Å². The maximum absolute atomic E-state index is 13.3. The van der Waals surface area contributed by atoms with Gasteiger partial charge in [0.2, 0.25) is 12.7 Å². The molecule has 1 fully saturated rings. The van der Waals surface area contributed by atoms with Crippen molar-refractivity contribution < 1.29 is 29.0 Å². The normalized spacial score (nSPS) is 17.4. The molecule has 0 spiro atoms. The van der Waals surface area contributed by atoms with Crippen LogP contribution < -0.4 is 25.0 Å². The molecule has 3 aromatic rings. The number of hydrogen-bond donors (Lipinski definition) is 3. The Morgan fingerprint density at radius 3 is 2.40 bits per heavy atom. The van der Waals surface area contributed by atoms with Crippen molar-refractivity contribution in [2.45, 2.75) is 0 Å². The monoisotopic (exact) mass is 569 g/mol. The predicted molar refractivity (Wildman–Crippen MR) is 159 cm³/mol. The minimum Gasteiger partial charge on any atom is -0.478 e. The number of hydrogen-bond acceptors (Lipinski definition) is 8. The number of ether oxygens (including phenoxy) is 2. The van der Waals surface area contributed by atoms with Gasteiger partial charge in [0.05, 0.1) is 23.4 Å². The van der Waals surface area contributed by atoms with E-state index in [2.05, 4.69) is 27.5 Å². The Morgan fingerprint density at radius 2 is 1.67 bits per heavy atom. The first-order valence-corrected chi connectivity index (χ1v) is 13.6. The van der Waals surface area contributed by atoms with Crippen molar-refractivity contribution in [2.24, 2.45) is 0 Å². The summed E-state index contributed by atoms with van der Waals surface area (Å²) >= 11 is 0. The topological polar surface area (TPSA) is 124 Å². The molecule has 0 unspecified atom stereocenters. The van der Waals surface area contributed by atoms with E-state index in [-0.39, 0.29) is 24.2 Å². The van der Waals surface area contributed by atoms with Crippen molar-refractivity contribution in [1.82, 2.24) is 9.80 Å². The zero-order valence-electron chi connectivity index (χ0n) is 23.3. The van der Waals surface area contributed by atoms with Crippen LogP contribution in [0, 0.1) is 0 Å². The quantitative estimate of drug-likeness (QED) is 0.368. The van der Waals surface area contributed by atoms with E-state index < -0.39 is 5.97 Å². The summed E-state index contributed by atoms with van der Waals surface area (Å²) < 4.78 is 11.0. The lowest BCUT2D eigenvalue weighted by atomic mass is 9.98. The third-order valence-electron chi connectivity index (χ3n) is 7.78. The van der Waals surface area contributed by atoms with Gasteiger partial charge in [-0.2, -0.15) is 0 Å². The molecular formula is C31H31N5O6. The van der Waals surface area contributed by atoms with Crippen LogP contribution in [-0.4, -0.2) is 86.3 Å². The summed E-state index contributed by atoms with van der Waals surface area (Å²) in [6.45, 7) is 4.07. The van der Waals surface area contributed by atoms with E-state index >= 15 is 0 Å². The number of piperazine rings is 1. The Bertz CT molecular complexity index is 1590. The number of rotatable bonds is 7. The Morgan fingerprint density at radius 1 is 0.952 bits per heavy atom. The highest BCUT2D eigenvalue weighted by Crippen LogP contribution is 2.41. The molecule has 0 bridgehead atoms. The molecule has 3 heterocycles. The highest BCUT2D eigenvalue weighted by Gasteiger charge is 2.30.